The van der Waals surface area contributed by atoms with Gasteiger partial charge < -0.3 is 18.9 Å². The first kappa shape index (κ1) is 22.3. The van der Waals surface area contributed by atoms with Gasteiger partial charge in [0.2, 0.25) is 0 Å². The van der Waals surface area contributed by atoms with Crippen LogP contribution in [0.5, 0.6) is 5.75 Å². The zero-order valence-electron chi connectivity index (χ0n) is 19.1. The number of hydrogen-bond acceptors (Lipinski definition) is 8. The average molecular weight is 465 g/mol. The van der Waals surface area contributed by atoms with E-state index in [2.05, 4.69) is 25.4 Å². The Labute approximate surface area is 196 Å². The maximum atomic E-state index is 12.9. The number of pyridine rings is 1. The maximum absolute atomic E-state index is 12.9. The first-order chi connectivity index (χ1) is 16.7. The van der Waals surface area contributed by atoms with Crippen molar-refractivity contribution in [2.24, 2.45) is 0 Å². The lowest BCUT2D eigenvalue weighted by molar-refractivity contribution is 0.0913. The molecule has 1 fully saturated rings. The molecule has 178 valence electrons. The molecule has 3 aromatic heterocycles. The summed E-state index contributed by atoms with van der Waals surface area (Å²) in [5.74, 6) is 2.29. The lowest BCUT2D eigenvalue weighted by Gasteiger charge is -2.21. The lowest BCUT2D eigenvalue weighted by atomic mass is 10.1. The van der Waals surface area contributed by atoms with Crippen LogP contribution in [0.2, 0.25) is 0 Å². The van der Waals surface area contributed by atoms with E-state index in [0.717, 1.165) is 47.7 Å². The highest BCUT2D eigenvalue weighted by molar-refractivity contribution is 5.80. The van der Waals surface area contributed by atoms with Crippen molar-refractivity contribution in [3.8, 4) is 5.75 Å². The topological polar surface area (TPSA) is 111 Å². The van der Waals surface area contributed by atoms with E-state index in [4.69, 9.17) is 13.9 Å². The Morgan fingerprint density at radius 1 is 1.24 bits per heavy atom. The first-order valence-electron chi connectivity index (χ1n) is 11.6. The fourth-order valence-electron chi connectivity index (χ4n) is 4.29. The van der Waals surface area contributed by atoms with Crippen LogP contribution in [0.15, 0.2) is 51.9 Å². The van der Waals surface area contributed by atoms with Crippen molar-refractivity contribution >= 4 is 10.9 Å². The number of rotatable bonds is 10. The second kappa shape index (κ2) is 10.2. The number of aromatic nitrogens is 5. The largest absolute Gasteiger partial charge is 0.494 e. The summed E-state index contributed by atoms with van der Waals surface area (Å²) in [6.45, 7) is 5.29. The van der Waals surface area contributed by atoms with Gasteiger partial charge in [-0.2, -0.15) is 0 Å². The molecule has 0 bridgehead atoms. The smallest absolute Gasteiger partial charge is 0.252 e. The Morgan fingerprint density at radius 2 is 2.18 bits per heavy atom. The number of aromatic amines is 1. The van der Waals surface area contributed by atoms with Crippen molar-refractivity contribution in [3.63, 3.8) is 0 Å². The minimum Gasteiger partial charge on any atom is -0.494 e. The summed E-state index contributed by atoms with van der Waals surface area (Å²) in [4.78, 5) is 18.0. The zero-order chi connectivity index (χ0) is 23.3. The fraction of sp³-hybridized carbons (Fsp3) is 0.417. The van der Waals surface area contributed by atoms with Crippen molar-refractivity contribution in [3.05, 3.63) is 70.2 Å². The highest BCUT2D eigenvalue weighted by Crippen LogP contribution is 2.21. The molecular weight excluding hydrogens is 436 g/mol. The summed E-state index contributed by atoms with van der Waals surface area (Å²) >= 11 is 0. The SMILES string of the molecule is CCOc1ccc2[nH]c(=O)c(CN(Cc3ccco3)Cc3nnnn3CC3CCCO3)cc2c1. The molecule has 0 radical (unpaired) electrons. The first-order valence-corrected chi connectivity index (χ1v) is 11.6. The average Bonchev–Trinajstić information content (AvgIpc) is 3.60. The molecule has 0 amide bonds. The van der Waals surface area contributed by atoms with Gasteiger partial charge in [-0.3, -0.25) is 9.69 Å². The van der Waals surface area contributed by atoms with Gasteiger partial charge in [-0.05, 0) is 66.6 Å². The molecule has 0 saturated carbocycles. The van der Waals surface area contributed by atoms with E-state index in [1.165, 1.54) is 0 Å². The van der Waals surface area contributed by atoms with E-state index in [1.54, 1.807) is 10.9 Å². The summed E-state index contributed by atoms with van der Waals surface area (Å²) in [5.41, 5.74) is 1.29. The molecule has 1 atom stereocenters. The van der Waals surface area contributed by atoms with E-state index in [0.29, 0.717) is 38.3 Å². The molecule has 4 heterocycles. The van der Waals surface area contributed by atoms with Crippen LogP contribution in [0, 0.1) is 0 Å². The lowest BCUT2D eigenvalue weighted by Crippen LogP contribution is -2.28. The molecule has 4 aromatic rings. The quantitative estimate of drug-likeness (QED) is 0.381. The Hall–Kier alpha value is -3.50. The molecule has 1 aliphatic rings. The van der Waals surface area contributed by atoms with Crippen molar-refractivity contribution in [1.82, 2.24) is 30.1 Å². The predicted molar refractivity (Wildman–Crippen MR) is 124 cm³/mol. The molecule has 1 saturated heterocycles. The van der Waals surface area contributed by atoms with Gasteiger partial charge in [0.1, 0.15) is 11.5 Å². The van der Waals surface area contributed by atoms with Crippen LogP contribution in [0.1, 0.15) is 36.9 Å². The van der Waals surface area contributed by atoms with Crippen molar-refractivity contribution in [2.45, 2.75) is 52.0 Å². The standard InChI is InChI=1S/C24H28N6O4/c1-2-32-19-7-8-22-17(12-19)11-18(24(31)25-22)13-29(14-20-5-3-9-33-20)16-23-26-27-28-30(23)15-21-6-4-10-34-21/h3,5,7-9,11-12,21H,2,4,6,10,13-16H2,1H3,(H,25,31). The molecule has 34 heavy (non-hydrogen) atoms. The van der Waals surface area contributed by atoms with Gasteiger partial charge in [0.25, 0.3) is 5.56 Å². The zero-order valence-corrected chi connectivity index (χ0v) is 19.1. The monoisotopic (exact) mass is 464 g/mol. The van der Waals surface area contributed by atoms with Crippen LogP contribution < -0.4 is 10.3 Å². The minimum absolute atomic E-state index is 0.125. The number of hydrogen-bond donors (Lipinski definition) is 1. The molecule has 1 aliphatic heterocycles. The highest BCUT2D eigenvalue weighted by atomic mass is 16.5. The van der Waals surface area contributed by atoms with Gasteiger partial charge in [0.05, 0.1) is 38.6 Å². The molecule has 5 rings (SSSR count). The van der Waals surface area contributed by atoms with Crippen LogP contribution >= 0.6 is 0 Å². The number of benzene rings is 1. The van der Waals surface area contributed by atoms with Gasteiger partial charge in [-0.15, -0.1) is 5.10 Å². The van der Waals surface area contributed by atoms with Crippen molar-refractivity contribution in [2.75, 3.05) is 13.2 Å². The van der Waals surface area contributed by atoms with Crippen molar-refractivity contribution < 1.29 is 13.9 Å². The van der Waals surface area contributed by atoms with Gasteiger partial charge in [-0.1, -0.05) is 0 Å². The number of nitrogens with one attached hydrogen (secondary N) is 1. The third kappa shape index (κ3) is 5.18. The van der Waals surface area contributed by atoms with E-state index in [1.807, 2.05) is 43.3 Å². The molecule has 0 aliphatic carbocycles. The summed E-state index contributed by atoms with van der Waals surface area (Å²) in [7, 11) is 0. The molecular formula is C24H28N6O4. The minimum atomic E-state index is -0.125. The van der Waals surface area contributed by atoms with Crippen LogP contribution in [-0.2, 0) is 30.9 Å². The van der Waals surface area contributed by atoms with E-state index in [9.17, 15) is 4.79 Å². The summed E-state index contributed by atoms with van der Waals surface area (Å²) in [5, 5.41) is 13.2. The second-order valence-electron chi connectivity index (χ2n) is 8.44. The van der Waals surface area contributed by atoms with Crippen LogP contribution in [-0.4, -0.2) is 49.4 Å². The van der Waals surface area contributed by atoms with Crippen LogP contribution in [0.4, 0.5) is 0 Å². The molecule has 1 unspecified atom stereocenters. The van der Waals surface area contributed by atoms with Gasteiger partial charge in [0.15, 0.2) is 5.82 Å². The molecule has 1 aromatic carbocycles. The Morgan fingerprint density at radius 3 is 2.97 bits per heavy atom. The Bertz CT molecular complexity index is 1280. The number of fused-ring (bicyclic) bond motifs is 1. The van der Waals surface area contributed by atoms with Gasteiger partial charge in [-0.25, -0.2) is 4.68 Å². The van der Waals surface area contributed by atoms with E-state index < -0.39 is 0 Å². The number of H-pyrrole nitrogens is 1. The van der Waals surface area contributed by atoms with E-state index >= 15 is 0 Å². The van der Waals surface area contributed by atoms with E-state index in [-0.39, 0.29) is 11.7 Å². The van der Waals surface area contributed by atoms with Crippen molar-refractivity contribution in [1.29, 1.82) is 0 Å². The fourth-order valence-corrected chi connectivity index (χ4v) is 4.29. The van der Waals surface area contributed by atoms with Crippen LogP contribution in [0.3, 0.4) is 0 Å². The maximum Gasteiger partial charge on any atom is 0.252 e. The Balaban J connectivity index is 1.40. The molecule has 10 heteroatoms. The summed E-state index contributed by atoms with van der Waals surface area (Å²) in [6.07, 6.45) is 3.84. The normalized spacial score (nSPS) is 16.0. The number of nitrogens with zero attached hydrogens (tertiary/aromatic N) is 5. The summed E-state index contributed by atoms with van der Waals surface area (Å²) in [6, 6.07) is 11.4. The Kier molecular flexibility index (Phi) is 6.68. The summed E-state index contributed by atoms with van der Waals surface area (Å²) < 4.78 is 18.7. The third-order valence-corrected chi connectivity index (χ3v) is 5.93. The number of tetrazole rings is 1. The number of ether oxygens (including phenoxy) is 2. The third-order valence-electron chi connectivity index (χ3n) is 5.93. The predicted octanol–water partition coefficient (Wildman–Crippen LogP) is 2.89. The van der Waals surface area contributed by atoms with Gasteiger partial charge >= 0.3 is 0 Å². The highest BCUT2D eigenvalue weighted by Gasteiger charge is 2.21. The molecule has 1 N–H and O–H groups in total. The van der Waals surface area contributed by atoms with Crippen LogP contribution in [0.25, 0.3) is 10.9 Å². The van der Waals surface area contributed by atoms with Gasteiger partial charge in [0, 0.05) is 29.6 Å². The second-order valence-corrected chi connectivity index (χ2v) is 8.44. The number of furan rings is 1. The molecule has 0 spiro atoms. The molecule has 10 nitrogen and oxygen atoms in total.